The lowest BCUT2D eigenvalue weighted by atomic mass is 10.1. The van der Waals surface area contributed by atoms with Crippen LogP contribution in [0.1, 0.15) is 17.0 Å². The summed E-state index contributed by atoms with van der Waals surface area (Å²) < 4.78 is 2.22. The average Bonchev–Trinajstić information content (AvgIpc) is 2.93. The molecular formula is C15H17N3S. The maximum atomic E-state index is 5.57. The Morgan fingerprint density at radius 3 is 2.58 bits per heavy atom. The zero-order valence-corrected chi connectivity index (χ0v) is 12.0. The lowest BCUT2D eigenvalue weighted by molar-refractivity contribution is 0.969. The lowest BCUT2D eigenvalue weighted by Gasteiger charge is -2.02. The molecule has 2 heterocycles. The Balaban J connectivity index is 2.06. The first kappa shape index (κ1) is 12.4. The largest absolute Gasteiger partial charge is 0.330 e. The normalized spacial score (nSPS) is 11.3. The van der Waals surface area contributed by atoms with Gasteiger partial charge in [0.1, 0.15) is 0 Å². The average molecular weight is 271 g/mol. The van der Waals surface area contributed by atoms with E-state index in [1.165, 1.54) is 22.5 Å². The first-order valence-electron chi connectivity index (χ1n) is 6.43. The number of benzene rings is 1. The molecule has 0 aliphatic rings. The van der Waals surface area contributed by atoms with E-state index >= 15 is 0 Å². The highest BCUT2D eigenvalue weighted by atomic mass is 32.1. The number of nitrogens with zero attached hydrogens (tertiary/aromatic N) is 2. The Labute approximate surface area is 116 Å². The van der Waals surface area contributed by atoms with Crippen LogP contribution in [0.3, 0.4) is 0 Å². The highest BCUT2D eigenvalue weighted by Gasteiger charge is 2.12. The second-order valence-corrected chi connectivity index (χ2v) is 5.61. The molecule has 4 heteroatoms. The van der Waals surface area contributed by atoms with Crippen molar-refractivity contribution in [3.05, 3.63) is 46.6 Å². The fraction of sp³-hybridized carbons (Fsp3) is 0.267. The summed E-state index contributed by atoms with van der Waals surface area (Å²) in [4.78, 5) is 5.80. The van der Waals surface area contributed by atoms with E-state index in [2.05, 4.69) is 47.9 Å². The van der Waals surface area contributed by atoms with Gasteiger partial charge in [-0.3, -0.25) is 4.40 Å². The molecule has 0 radical (unpaired) electrons. The van der Waals surface area contributed by atoms with E-state index in [1.54, 1.807) is 11.3 Å². The van der Waals surface area contributed by atoms with Crippen LogP contribution in [-0.2, 0) is 6.42 Å². The SMILES string of the molecule is Cc1csc2nc(-c3ccc(CCN)cc3)c(C)n12. The molecule has 1 aromatic carbocycles. The summed E-state index contributed by atoms with van der Waals surface area (Å²) in [5, 5.41) is 2.14. The van der Waals surface area contributed by atoms with Crippen molar-refractivity contribution in [2.24, 2.45) is 5.73 Å². The van der Waals surface area contributed by atoms with E-state index in [4.69, 9.17) is 10.7 Å². The van der Waals surface area contributed by atoms with Gasteiger partial charge in [-0.2, -0.15) is 0 Å². The molecule has 0 saturated heterocycles. The van der Waals surface area contributed by atoms with Crippen LogP contribution in [0, 0.1) is 13.8 Å². The van der Waals surface area contributed by atoms with Crippen molar-refractivity contribution < 1.29 is 0 Å². The number of nitrogens with two attached hydrogens (primary N) is 1. The lowest BCUT2D eigenvalue weighted by Crippen LogP contribution is -2.02. The highest BCUT2D eigenvalue weighted by Crippen LogP contribution is 2.27. The Morgan fingerprint density at radius 2 is 1.95 bits per heavy atom. The smallest absolute Gasteiger partial charge is 0.194 e. The van der Waals surface area contributed by atoms with Gasteiger partial charge in [0.05, 0.1) is 5.69 Å². The van der Waals surface area contributed by atoms with E-state index in [9.17, 15) is 0 Å². The number of fused-ring (bicyclic) bond motifs is 1. The number of aryl methyl sites for hydroxylation is 2. The topological polar surface area (TPSA) is 43.3 Å². The van der Waals surface area contributed by atoms with Crippen molar-refractivity contribution in [1.29, 1.82) is 0 Å². The summed E-state index contributed by atoms with van der Waals surface area (Å²) >= 11 is 1.69. The second kappa shape index (κ2) is 4.79. The first-order valence-corrected chi connectivity index (χ1v) is 7.31. The summed E-state index contributed by atoms with van der Waals surface area (Å²) in [6.07, 6.45) is 0.927. The quantitative estimate of drug-likeness (QED) is 0.795. The number of aromatic nitrogens is 2. The number of imidazole rings is 1. The van der Waals surface area contributed by atoms with Crippen LogP contribution in [0.25, 0.3) is 16.2 Å². The van der Waals surface area contributed by atoms with Crippen molar-refractivity contribution in [3.8, 4) is 11.3 Å². The molecule has 19 heavy (non-hydrogen) atoms. The predicted octanol–water partition coefficient (Wildman–Crippen LogP) is 3.18. The fourth-order valence-corrected chi connectivity index (χ4v) is 3.34. The van der Waals surface area contributed by atoms with Crippen molar-refractivity contribution in [3.63, 3.8) is 0 Å². The first-order chi connectivity index (χ1) is 9.20. The molecule has 98 valence electrons. The Bertz CT molecular complexity index is 707. The maximum absolute atomic E-state index is 5.57. The Kier molecular flexibility index (Phi) is 3.12. The summed E-state index contributed by atoms with van der Waals surface area (Å²) in [5.41, 5.74) is 11.6. The van der Waals surface area contributed by atoms with Crippen molar-refractivity contribution in [2.45, 2.75) is 20.3 Å². The van der Waals surface area contributed by atoms with Gasteiger partial charge < -0.3 is 5.73 Å². The fourth-order valence-electron chi connectivity index (χ4n) is 2.43. The molecule has 0 saturated carbocycles. The maximum Gasteiger partial charge on any atom is 0.194 e. The van der Waals surface area contributed by atoms with Crippen LogP contribution in [0.2, 0.25) is 0 Å². The predicted molar refractivity (Wildman–Crippen MR) is 80.7 cm³/mol. The van der Waals surface area contributed by atoms with Crippen LogP contribution in [0.5, 0.6) is 0 Å². The van der Waals surface area contributed by atoms with Crippen LogP contribution in [-0.4, -0.2) is 15.9 Å². The minimum atomic E-state index is 0.692. The van der Waals surface area contributed by atoms with E-state index in [-0.39, 0.29) is 0 Å². The zero-order chi connectivity index (χ0) is 13.4. The van der Waals surface area contributed by atoms with E-state index in [1.807, 2.05) is 0 Å². The number of thiazole rings is 1. The monoisotopic (exact) mass is 271 g/mol. The van der Waals surface area contributed by atoms with Crippen LogP contribution in [0.4, 0.5) is 0 Å². The third-order valence-corrected chi connectivity index (χ3v) is 4.37. The highest BCUT2D eigenvalue weighted by molar-refractivity contribution is 7.15. The van der Waals surface area contributed by atoms with Gasteiger partial charge in [0.25, 0.3) is 0 Å². The van der Waals surface area contributed by atoms with Gasteiger partial charge >= 0.3 is 0 Å². The van der Waals surface area contributed by atoms with Gasteiger partial charge in [-0.05, 0) is 32.4 Å². The molecule has 0 bridgehead atoms. The molecular weight excluding hydrogens is 254 g/mol. The summed E-state index contributed by atoms with van der Waals surface area (Å²) in [7, 11) is 0. The van der Waals surface area contributed by atoms with Crippen LogP contribution >= 0.6 is 11.3 Å². The van der Waals surface area contributed by atoms with Gasteiger partial charge in [-0.25, -0.2) is 4.98 Å². The molecule has 0 spiro atoms. The number of hydrogen-bond donors (Lipinski definition) is 1. The number of hydrogen-bond acceptors (Lipinski definition) is 3. The number of rotatable bonds is 3. The van der Waals surface area contributed by atoms with E-state index < -0.39 is 0 Å². The van der Waals surface area contributed by atoms with Crippen molar-refractivity contribution in [2.75, 3.05) is 6.54 Å². The minimum Gasteiger partial charge on any atom is -0.330 e. The Hall–Kier alpha value is -1.65. The van der Waals surface area contributed by atoms with Gasteiger partial charge in [-0.1, -0.05) is 24.3 Å². The summed E-state index contributed by atoms with van der Waals surface area (Å²) in [6, 6.07) is 8.56. The van der Waals surface area contributed by atoms with Gasteiger partial charge in [-0.15, -0.1) is 11.3 Å². The van der Waals surface area contributed by atoms with Gasteiger partial charge in [0.15, 0.2) is 4.96 Å². The third kappa shape index (κ3) is 2.07. The van der Waals surface area contributed by atoms with Gasteiger partial charge in [0.2, 0.25) is 0 Å². The van der Waals surface area contributed by atoms with Crippen LogP contribution in [0.15, 0.2) is 29.6 Å². The molecule has 0 fully saturated rings. The molecule has 3 nitrogen and oxygen atoms in total. The molecule has 0 atom stereocenters. The van der Waals surface area contributed by atoms with E-state index in [0.29, 0.717) is 6.54 Å². The van der Waals surface area contributed by atoms with E-state index in [0.717, 1.165) is 17.1 Å². The zero-order valence-electron chi connectivity index (χ0n) is 11.2. The molecule has 3 rings (SSSR count). The molecule has 0 amide bonds. The molecule has 3 aromatic rings. The van der Waals surface area contributed by atoms with Crippen LogP contribution < -0.4 is 5.73 Å². The summed E-state index contributed by atoms with van der Waals surface area (Å²) in [6.45, 7) is 4.94. The molecule has 2 N–H and O–H groups in total. The van der Waals surface area contributed by atoms with Crippen molar-refractivity contribution >= 4 is 16.3 Å². The standard InChI is InChI=1S/C15H17N3S/c1-10-9-19-15-17-14(11(2)18(10)15)13-5-3-12(4-6-13)7-8-16/h3-6,9H,7-8,16H2,1-2H3. The molecule has 0 unspecified atom stereocenters. The van der Waals surface area contributed by atoms with Gasteiger partial charge in [0, 0.05) is 22.3 Å². The second-order valence-electron chi connectivity index (χ2n) is 4.78. The Morgan fingerprint density at radius 1 is 1.21 bits per heavy atom. The van der Waals surface area contributed by atoms with Crippen molar-refractivity contribution in [1.82, 2.24) is 9.38 Å². The summed E-state index contributed by atoms with van der Waals surface area (Å²) in [5.74, 6) is 0. The molecule has 2 aromatic heterocycles. The molecule has 0 aliphatic heterocycles. The molecule has 0 aliphatic carbocycles. The minimum absolute atomic E-state index is 0.692. The third-order valence-electron chi connectivity index (χ3n) is 3.42.